The maximum Gasteiger partial charge on any atom is 0.151 e. The van der Waals surface area contributed by atoms with Gasteiger partial charge in [0.1, 0.15) is 5.82 Å². The summed E-state index contributed by atoms with van der Waals surface area (Å²) in [6.45, 7) is 17.3. The Morgan fingerprint density at radius 2 is 1.60 bits per heavy atom. The van der Waals surface area contributed by atoms with Crippen molar-refractivity contribution in [1.29, 1.82) is 0 Å². The fraction of sp³-hybridized carbons (Fsp3) is 0.647. The van der Waals surface area contributed by atoms with E-state index in [1.165, 1.54) is 0 Å². The highest BCUT2D eigenvalue weighted by atomic mass is 16.1. The van der Waals surface area contributed by atoms with Crippen molar-refractivity contribution in [2.24, 2.45) is 0 Å². The summed E-state index contributed by atoms with van der Waals surface area (Å²) < 4.78 is 0. The number of carbonyl (C=O) groups excluding carboxylic acids is 1. The molecule has 1 aromatic rings. The lowest BCUT2D eigenvalue weighted by atomic mass is 9.94. The summed E-state index contributed by atoms with van der Waals surface area (Å²) in [7, 11) is 0. The molecule has 0 spiro atoms. The minimum Gasteiger partial charge on any atom is -0.347 e. The van der Waals surface area contributed by atoms with E-state index < -0.39 is 0 Å². The number of rotatable bonds is 3. The lowest BCUT2D eigenvalue weighted by Crippen LogP contribution is -2.53. The van der Waals surface area contributed by atoms with Crippen LogP contribution in [0.5, 0.6) is 0 Å². The molecule has 3 heteroatoms. The molecular formula is C17H28N2O. The molecule has 0 bridgehead atoms. The van der Waals surface area contributed by atoms with E-state index in [0.717, 1.165) is 17.7 Å². The van der Waals surface area contributed by atoms with Gasteiger partial charge < -0.3 is 4.90 Å². The second kappa shape index (κ2) is 5.55. The van der Waals surface area contributed by atoms with Crippen LogP contribution in [0.3, 0.4) is 0 Å². The summed E-state index contributed by atoms with van der Waals surface area (Å²) in [4.78, 5) is 18.0. The van der Waals surface area contributed by atoms with Gasteiger partial charge in [0.2, 0.25) is 0 Å². The van der Waals surface area contributed by atoms with Gasteiger partial charge >= 0.3 is 0 Å². The van der Waals surface area contributed by atoms with Crippen molar-refractivity contribution in [2.75, 3.05) is 4.90 Å². The van der Waals surface area contributed by atoms with Crippen LogP contribution in [0.25, 0.3) is 0 Å². The summed E-state index contributed by atoms with van der Waals surface area (Å²) in [5.41, 5.74) is 1.67. The highest BCUT2D eigenvalue weighted by Crippen LogP contribution is 2.32. The van der Waals surface area contributed by atoms with Gasteiger partial charge in [-0.2, -0.15) is 0 Å². The number of hydrogen-bond acceptors (Lipinski definition) is 3. The van der Waals surface area contributed by atoms with E-state index in [1.54, 1.807) is 6.20 Å². The molecule has 0 radical (unpaired) electrons. The summed E-state index contributed by atoms with van der Waals surface area (Å²) in [6.07, 6.45) is 2.59. The van der Waals surface area contributed by atoms with Crippen LogP contribution in [-0.2, 0) is 0 Å². The average molecular weight is 276 g/mol. The van der Waals surface area contributed by atoms with Crippen molar-refractivity contribution in [1.82, 2.24) is 4.98 Å². The van der Waals surface area contributed by atoms with Gasteiger partial charge in [0.25, 0.3) is 0 Å². The first-order chi connectivity index (χ1) is 8.98. The number of pyridine rings is 1. The van der Waals surface area contributed by atoms with Crippen molar-refractivity contribution in [3.05, 3.63) is 23.4 Å². The van der Waals surface area contributed by atoms with Crippen LogP contribution in [0.15, 0.2) is 12.3 Å². The molecular weight excluding hydrogens is 248 g/mol. The van der Waals surface area contributed by atoms with Crippen LogP contribution in [0.1, 0.15) is 77.2 Å². The molecule has 0 aliphatic heterocycles. The van der Waals surface area contributed by atoms with E-state index in [4.69, 9.17) is 0 Å². The van der Waals surface area contributed by atoms with E-state index in [0.29, 0.717) is 11.5 Å². The van der Waals surface area contributed by atoms with Crippen molar-refractivity contribution in [3.63, 3.8) is 0 Å². The zero-order valence-corrected chi connectivity index (χ0v) is 14.1. The standard InChI is InChI=1S/C17H28N2O/c1-12(2)14-9-15(18-10-13(14)11-20)19(16(3,4)5)17(6,7)8/h9-12H,1-8H3. The van der Waals surface area contributed by atoms with Gasteiger partial charge in [0.05, 0.1) is 0 Å². The first-order valence-electron chi connectivity index (χ1n) is 7.24. The number of hydrogen-bond donors (Lipinski definition) is 0. The number of carbonyl (C=O) groups is 1. The zero-order valence-electron chi connectivity index (χ0n) is 14.1. The van der Waals surface area contributed by atoms with Crippen molar-refractivity contribution in [2.45, 2.75) is 72.4 Å². The van der Waals surface area contributed by atoms with E-state index in [2.05, 4.69) is 71.3 Å². The van der Waals surface area contributed by atoms with Gasteiger partial charge in [-0.25, -0.2) is 4.98 Å². The maximum atomic E-state index is 11.2. The summed E-state index contributed by atoms with van der Waals surface area (Å²) >= 11 is 0. The Balaban J connectivity index is 3.43. The predicted molar refractivity (Wildman–Crippen MR) is 85.7 cm³/mol. The molecule has 1 heterocycles. The van der Waals surface area contributed by atoms with E-state index >= 15 is 0 Å². The Morgan fingerprint density at radius 1 is 1.10 bits per heavy atom. The van der Waals surface area contributed by atoms with E-state index in [1.807, 2.05) is 0 Å². The molecule has 0 N–H and O–H groups in total. The smallest absolute Gasteiger partial charge is 0.151 e. The maximum absolute atomic E-state index is 11.2. The minimum absolute atomic E-state index is 0.0395. The van der Waals surface area contributed by atoms with Gasteiger partial charge in [-0.05, 0) is 59.1 Å². The lowest BCUT2D eigenvalue weighted by Gasteiger charge is -2.46. The third-order valence-electron chi connectivity index (χ3n) is 3.27. The Morgan fingerprint density at radius 3 is 1.95 bits per heavy atom. The molecule has 0 unspecified atom stereocenters. The molecule has 0 amide bonds. The third-order valence-corrected chi connectivity index (χ3v) is 3.27. The molecule has 1 rings (SSSR count). The number of anilines is 1. The molecule has 1 aromatic heterocycles. The summed E-state index contributed by atoms with van der Waals surface area (Å²) in [5.74, 6) is 1.23. The predicted octanol–water partition coefficient (Wildman–Crippen LogP) is 4.42. The average Bonchev–Trinajstić information content (AvgIpc) is 2.24. The topological polar surface area (TPSA) is 33.2 Å². The second-order valence-electron chi connectivity index (χ2n) is 7.62. The van der Waals surface area contributed by atoms with E-state index in [-0.39, 0.29) is 11.1 Å². The second-order valence-corrected chi connectivity index (χ2v) is 7.62. The Labute approximate surface area is 123 Å². The quantitative estimate of drug-likeness (QED) is 0.766. The first-order valence-corrected chi connectivity index (χ1v) is 7.24. The fourth-order valence-electron chi connectivity index (χ4n) is 2.88. The van der Waals surface area contributed by atoms with Crippen molar-refractivity contribution in [3.8, 4) is 0 Å². The highest BCUT2D eigenvalue weighted by molar-refractivity contribution is 5.78. The molecule has 0 fully saturated rings. The molecule has 0 saturated heterocycles. The van der Waals surface area contributed by atoms with Crippen LogP contribution >= 0.6 is 0 Å². The normalized spacial score (nSPS) is 12.7. The Bertz CT molecular complexity index is 465. The number of aromatic nitrogens is 1. The summed E-state index contributed by atoms with van der Waals surface area (Å²) in [5, 5.41) is 0. The highest BCUT2D eigenvalue weighted by Gasteiger charge is 2.32. The zero-order chi connectivity index (χ0) is 15.7. The van der Waals surface area contributed by atoms with Crippen molar-refractivity contribution < 1.29 is 4.79 Å². The van der Waals surface area contributed by atoms with E-state index in [9.17, 15) is 4.79 Å². The van der Waals surface area contributed by atoms with Crippen LogP contribution in [0.2, 0.25) is 0 Å². The van der Waals surface area contributed by atoms with Crippen LogP contribution in [0.4, 0.5) is 5.82 Å². The van der Waals surface area contributed by atoms with Crippen LogP contribution < -0.4 is 4.90 Å². The minimum atomic E-state index is -0.0395. The molecule has 0 atom stereocenters. The SMILES string of the molecule is CC(C)c1cc(N(C(C)(C)C)C(C)(C)C)ncc1C=O. The third kappa shape index (κ3) is 3.59. The van der Waals surface area contributed by atoms with Crippen LogP contribution in [-0.4, -0.2) is 22.3 Å². The monoisotopic (exact) mass is 276 g/mol. The fourth-order valence-corrected chi connectivity index (χ4v) is 2.88. The van der Waals surface area contributed by atoms with Gasteiger partial charge in [-0.1, -0.05) is 13.8 Å². The van der Waals surface area contributed by atoms with Gasteiger partial charge in [0, 0.05) is 22.8 Å². The number of aldehydes is 1. The molecule has 0 aliphatic rings. The van der Waals surface area contributed by atoms with Gasteiger partial charge in [-0.3, -0.25) is 4.79 Å². The summed E-state index contributed by atoms with van der Waals surface area (Å²) in [6, 6.07) is 2.06. The van der Waals surface area contributed by atoms with Gasteiger partial charge in [0.15, 0.2) is 6.29 Å². The first kappa shape index (κ1) is 16.7. The molecule has 3 nitrogen and oxygen atoms in total. The largest absolute Gasteiger partial charge is 0.347 e. The molecule has 20 heavy (non-hydrogen) atoms. The molecule has 0 aromatic carbocycles. The van der Waals surface area contributed by atoms with Crippen molar-refractivity contribution >= 4 is 12.1 Å². The molecule has 112 valence electrons. The number of nitrogens with zero attached hydrogens (tertiary/aromatic N) is 2. The molecule has 0 aliphatic carbocycles. The molecule has 0 saturated carbocycles. The van der Waals surface area contributed by atoms with Crippen LogP contribution in [0, 0.1) is 0 Å². The Hall–Kier alpha value is -1.38. The Kier molecular flexibility index (Phi) is 4.62. The lowest BCUT2D eigenvalue weighted by molar-refractivity contribution is 0.112. The van der Waals surface area contributed by atoms with Gasteiger partial charge in [-0.15, -0.1) is 0 Å².